The third-order valence-electron chi connectivity index (χ3n) is 4.46. The van der Waals surface area contributed by atoms with Crippen LogP contribution in [0.2, 0.25) is 0 Å². The second kappa shape index (κ2) is 9.76. The molecule has 138 valence electrons. The summed E-state index contributed by atoms with van der Waals surface area (Å²) in [7, 11) is 0. The van der Waals surface area contributed by atoms with E-state index in [9.17, 15) is 9.59 Å². The van der Waals surface area contributed by atoms with Crippen LogP contribution in [-0.2, 0) is 22.6 Å². The third kappa shape index (κ3) is 5.73. The summed E-state index contributed by atoms with van der Waals surface area (Å²) >= 11 is 0. The Kier molecular flexibility index (Phi) is 7.39. The van der Waals surface area contributed by atoms with Gasteiger partial charge < -0.3 is 10.2 Å². The normalized spacial score (nSPS) is 11.7. The molecule has 0 spiro atoms. The van der Waals surface area contributed by atoms with E-state index in [0.29, 0.717) is 25.9 Å². The lowest BCUT2D eigenvalue weighted by Crippen LogP contribution is -2.47. The van der Waals surface area contributed by atoms with E-state index in [4.69, 9.17) is 0 Å². The average molecular weight is 352 g/mol. The monoisotopic (exact) mass is 352 g/mol. The van der Waals surface area contributed by atoms with Crippen molar-refractivity contribution in [3.05, 3.63) is 71.3 Å². The van der Waals surface area contributed by atoms with Crippen LogP contribution in [0.25, 0.3) is 0 Å². The molecule has 2 amide bonds. The van der Waals surface area contributed by atoms with Crippen LogP contribution < -0.4 is 5.32 Å². The van der Waals surface area contributed by atoms with Crippen molar-refractivity contribution >= 4 is 11.8 Å². The second-order valence-electron chi connectivity index (χ2n) is 6.56. The number of carbonyl (C=O) groups excluding carboxylic acids is 2. The van der Waals surface area contributed by atoms with E-state index >= 15 is 0 Å². The number of rotatable bonds is 8. The number of amides is 2. The smallest absolute Gasteiger partial charge is 0.242 e. The highest BCUT2D eigenvalue weighted by molar-refractivity contribution is 5.87. The second-order valence-corrected chi connectivity index (χ2v) is 6.56. The topological polar surface area (TPSA) is 49.4 Å². The van der Waals surface area contributed by atoms with Gasteiger partial charge in [-0.15, -0.1) is 0 Å². The lowest BCUT2D eigenvalue weighted by molar-refractivity contribution is -0.140. The maximum Gasteiger partial charge on any atom is 0.242 e. The Morgan fingerprint density at radius 1 is 1.00 bits per heavy atom. The summed E-state index contributed by atoms with van der Waals surface area (Å²) in [5.74, 6) is -0.124. The van der Waals surface area contributed by atoms with Gasteiger partial charge >= 0.3 is 0 Å². The number of likely N-dealkylation sites (N-methyl/N-ethyl adjacent to an activating group) is 1. The number of carbonyl (C=O) groups is 2. The lowest BCUT2D eigenvalue weighted by atomic mass is 10.1. The zero-order chi connectivity index (χ0) is 18.9. The van der Waals surface area contributed by atoms with Crippen LogP contribution in [0.1, 0.15) is 37.0 Å². The predicted molar refractivity (Wildman–Crippen MR) is 105 cm³/mol. The fourth-order valence-electron chi connectivity index (χ4n) is 2.83. The Labute approximate surface area is 156 Å². The number of hydrogen-bond acceptors (Lipinski definition) is 2. The van der Waals surface area contributed by atoms with Gasteiger partial charge in [-0.2, -0.15) is 0 Å². The van der Waals surface area contributed by atoms with Gasteiger partial charge in [0.2, 0.25) is 11.8 Å². The Morgan fingerprint density at radius 2 is 1.65 bits per heavy atom. The summed E-state index contributed by atoms with van der Waals surface area (Å²) in [6.45, 7) is 6.70. The number of nitrogens with zero attached hydrogens (tertiary/aromatic N) is 1. The Bertz CT molecular complexity index is 711. The molecule has 2 aromatic rings. The van der Waals surface area contributed by atoms with E-state index < -0.39 is 6.04 Å². The maximum absolute atomic E-state index is 12.9. The number of hydrogen-bond donors (Lipinski definition) is 1. The molecule has 0 heterocycles. The molecule has 0 aliphatic heterocycles. The van der Waals surface area contributed by atoms with Crippen molar-refractivity contribution in [1.29, 1.82) is 0 Å². The van der Waals surface area contributed by atoms with Gasteiger partial charge in [-0.25, -0.2) is 0 Å². The lowest BCUT2D eigenvalue weighted by Gasteiger charge is -2.29. The molecule has 0 aliphatic carbocycles. The van der Waals surface area contributed by atoms with Crippen molar-refractivity contribution in [1.82, 2.24) is 10.2 Å². The minimum absolute atomic E-state index is 0.00631. The van der Waals surface area contributed by atoms with Crippen LogP contribution in [0.5, 0.6) is 0 Å². The summed E-state index contributed by atoms with van der Waals surface area (Å²) in [6, 6.07) is 17.5. The van der Waals surface area contributed by atoms with Gasteiger partial charge in [0, 0.05) is 19.5 Å². The van der Waals surface area contributed by atoms with Crippen LogP contribution in [-0.4, -0.2) is 29.3 Å². The fourth-order valence-corrected chi connectivity index (χ4v) is 2.83. The third-order valence-corrected chi connectivity index (χ3v) is 4.46. The van der Waals surface area contributed by atoms with Crippen molar-refractivity contribution in [2.45, 2.75) is 46.2 Å². The quantitative estimate of drug-likeness (QED) is 0.791. The van der Waals surface area contributed by atoms with Gasteiger partial charge in [0.15, 0.2) is 0 Å². The first-order valence-electron chi connectivity index (χ1n) is 9.18. The highest BCUT2D eigenvalue weighted by Gasteiger charge is 2.25. The summed E-state index contributed by atoms with van der Waals surface area (Å²) < 4.78 is 0. The molecule has 2 rings (SSSR count). The van der Waals surface area contributed by atoms with Crippen LogP contribution in [0.4, 0.5) is 0 Å². The molecule has 0 aliphatic rings. The molecular formula is C22H28N2O2. The van der Waals surface area contributed by atoms with E-state index in [1.807, 2.05) is 68.4 Å². The van der Waals surface area contributed by atoms with E-state index in [-0.39, 0.29) is 11.8 Å². The van der Waals surface area contributed by atoms with Gasteiger partial charge in [-0.05, 0) is 38.3 Å². The largest absolute Gasteiger partial charge is 0.355 e. The molecule has 0 saturated carbocycles. The number of benzene rings is 2. The first-order valence-corrected chi connectivity index (χ1v) is 9.18. The van der Waals surface area contributed by atoms with E-state index in [1.54, 1.807) is 11.8 Å². The molecule has 2 aromatic carbocycles. The molecule has 1 atom stereocenters. The molecule has 4 nitrogen and oxygen atoms in total. The van der Waals surface area contributed by atoms with Crippen molar-refractivity contribution in [3.8, 4) is 0 Å². The van der Waals surface area contributed by atoms with Gasteiger partial charge in [-0.1, -0.05) is 60.2 Å². The number of aryl methyl sites for hydroxylation is 2. The molecule has 1 N–H and O–H groups in total. The maximum atomic E-state index is 12.9. The number of nitrogens with one attached hydrogen (secondary N) is 1. The highest BCUT2D eigenvalue weighted by atomic mass is 16.2. The van der Waals surface area contributed by atoms with E-state index in [2.05, 4.69) is 5.32 Å². The standard InChI is InChI=1S/C22H28N2O2/c1-4-23-22(26)18(3)24(16-20-12-10-17(2)11-13-20)21(25)15-14-19-8-6-5-7-9-19/h5-13,18H,4,14-16H2,1-3H3,(H,23,26). The summed E-state index contributed by atoms with van der Waals surface area (Å²) in [4.78, 5) is 26.9. The Hall–Kier alpha value is -2.62. The Balaban J connectivity index is 2.11. The molecule has 0 bridgehead atoms. The van der Waals surface area contributed by atoms with Gasteiger partial charge in [-0.3, -0.25) is 9.59 Å². The first kappa shape index (κ1) is 19.7. The zero-order valence-electron chi connectivity index (χ0n) is 15.9. The fraction of sp³-hybridized carbons (Fsp3) is 0.364. The Morgan fingerprint density at radius 3 is 2.27 bits per heavy atom. The molecule has 26 heavy (non-hydrogen) atoms. The van der Waals surface area contributed by atoms with Crippen molar-refractivity contribution in [3.63, 3.8) is 0 Å². The average Bonchev–Trinajstić information content (AvgIpc) is 2.66. The van der Waals surface area contributed by atoms with Crippen LogP contribution in [0.3, 0.4) is 0 Å². The molecular weight excluding hydrogens is 324 g/mol. The van der Waals surface area contributed by atoms with Crippen molar-refractivity contribution in [2.24, 2.45) is 0 Å². The summed E-state index contributed by atoms with van der Waals surface area (Å²) in [5, 5.41) is 2.82. The van der Waals surface area contributed by atoms with Crippen molar-refractivity contribution < 1.29 is 9.59 Å². The molecule has 0 saturated heterocycles. The van der Waals surface area contributed by atoms with Crippen LogP contribution in [0, 0.1) is 6.92 Å². The van der Waals surface area contributed by atoms with Crippen molar-refractivity contribution in [2.75, 3.05) is 6.54 Å². The molecule has 1 unspecified atom stereocenters. The SMILES string of the molecule is CCNC(=O)C(C)N(Cc1ccc(C)cc1)C(=O)CCc1ccccc1. The first-order chi connectivity index (χ1) is 12.5. The predicted octanol–water partition coefficient (Wildman–Crippen LogP) is 3.48. The minimum Gasteiger partial charge on any atom is -0.355 e. The van der Waals surface area contributed by atoms with Gasteiger partial charge in [0.05, 0.1) is 0 Å². The summed E-state index contributed by atoms with van der Waals surface area (Å²) in [6.07, 6.45) is 1.06. The van der Waals surface area contributed by atoms with Crippen LogP contribution in [0.15, 0.2) is 54.6 Å². The summed E-state index contributed by atoms with van der Waals surface area (Å²) in [5.41, 5.74) is 3.33. The minimum atomic E-state index is -0.500. The highest BCUT2D eigenvalue weighted by Crippen LogP contribution is 2.13. The van der Waals surface area contributed by atoms with E-state index in [1.165, 1.54) is 5.56 Å². The molecule has 0 radical (unpaired) electrons. The zero-order valence-corrected chi connectivity index (χ0v) is 15.9. The van der Waals surface area contributed by atoms with E-state index in [0.717, 1.165) is 11.1 Å². The molecule has 4 heteroatoms. The van der Waals surface area contributed by atoms with Gasteiger partial charge in [0.1, 0.15) is 6.04 Å². The van der Waals surface area contributed by atoms with Gasteiger partial charge in [0.25, 0.3) is 0 Å². The molecule has 0 fully saturated rings. The van der Waals surface area contributed by atoms with Crippen LogP contribution >= 0.6 is 0 Å². The molecule has 0 aromatic heterocycles.